The van der Waals surface area contributed by atoms with Gasteiger partial charge in [0.15, 0.2) is 0 Å². The summed E-state index contributed by atoms with van der Waals surface area (Å²) in [6, 6.07) is 11.2. The van der Waals surface area contributed by atoms with E-state index in [4.69, 9.17) is 16.7 Å². The highest BCUT2D eigenvalue weighted by atomic mass is 35.5. The molecule has 29 heavy (non-hydrogen) atoms. The van der Waals surface area contributed by atoms with E-state index >= 15 is 0 Å². The number of hydrogen-bond acceptors (Lipinski definition) is 6. The van der Waals surface area contributed by atoms with Crippen molar-refractivity contribution in [1.29, 1.82) is 5.26 Å². The zero-order valence-electron chi connectivity index (χ0n) is 16.2. The Morgan fingerprint density at radius 3 is 2.90 bits per heavy atom. The van der Waals surface area contributed by atoms with Crippen molar-refractivity contribution in [3.05, 3.63) is 69.9 Å². The topological polar surface area (TPSA) is 81.6 Å². The highest BCUT2D eigenvalue weighted by Crippen LogP contribution is 2.38. The predicted octanol–water partition coefficient (Wildman–Crippen LogP) is 3.65. The third-order valence-electron chi connectivity index (χ3n) is 5.17. The maximum absolute atomic E-state index is 9.35. The van der Waals surface area contributed by atoms with E-state index in [-0.39, 0.29) is 11.2 Å². The molecule has 4 rings (SSSR count). The van der Waals surface area contributed by atoms with E-state index in [0.717, 1.165) is 34.6 Å². The number of hydrogen-bond donors (Lipinski definition) is 1. The maximum atomic E-state index is 9.35. The van der Waals surface area contributed by atoms with Crippen LogP contribution in [0.1, 0.15) is 29.3 Å². The lowest BCUT2D eigenvalue weighted by molar-refractivity contribution is 0.588. The van der Waals surface area contributed by atoms with Crippen LogP contribution in [0.15, 0.2) is 52.9 Å². The molecule has 8 heteroatoms. The minimum Gasteiger partial charge on any atom is -0.390 e. The van der Waals surface area contributed by atoms with E-state index in [2.05, 4.69) is 52.0 Å². The third-order valence-corrected chi connectivity index (χ3v) is 5.36. The van der Waals surface area contributed by atoms with Gasteiger partial charge in [0.1, 0.15) is 17.0 Å². The molecule has 0 fully saturated rings. The molecule has 0 spiro atoms. The smallest absolute Gasteiger partial charge is 0.132 e. The number of rotatable bonds is 4. The third kappa shape index (κ3) is 3.32. The van der Waals surface area contributed by atoms with Gasteiger partial charge in [-0.05, 0) is 43.5 Å². The van der Waals surface area contributed by atoms with Crippen LogP contribution in [-0.2, 0) is 0 Å². The first-order valence-corrected chi connectivity index (χ1v) is 9.60. The van der Waals surface area contributed by atoms with Gasteiger partial charge in [-0.3, -0.25) is 4.99 Å². The van der Waals surface area contributed by atoms with Crippen LogP contribution in [0.5, 0.6) is 0 Å². The molecule has 146 valence electrons. The molecule has 0 aliphatic carbocycles. The van der Waals surface area contributed by atoms with Crippen molar-refractivity contribution in [2.75, 3.05) is 18.5 Å². The summed E-state index contributed by atoms with van der Waals surface area (Å²) in [7, 11) is 1.88. The lowest BCUT2D eigenvalue weighted by Crippen LogP contribution is -2.38. The Kier molecular flexibility index (Phi) is 4.95. The Hall–Kier alpha value is -3.37. The number of aromatic nitrogens is 3. The lowest BCUT2D eigenvalue weighted by atomic mass is 9.99. The summed E-state index contributed by atoms with van der Waals surface area (Å²) in [5.74, 6) is 0.615. The molecule has 1 aliphatic rings. The SMILES string of the molecule is C=NC1=C(NC)CCN(c2cc(C#N)cc(Cl)n2)C1c1cc2c(C)cccn2n1. The average molecular weight is 406 g/mol. The number of aryl methyl sites for hydroxylation is 1. The van der Waals surface area contributed by atoms with E-state index in [1.165, 1.54) is 0 Å². The lowest BCUT2D eigenvalue weighted by Gasteiger charge is -2.37. The summed E-state index contributed by atoms with van der Waals surface area (Å²) in [5.41, 5.74) is 5.25. The molecule has 1 unspecified atom stereocenters. The number of fused-ring (bicyclic) bond motifs is 1. The Bertz CT molecular complexity index is 1170. The van der Waals surface area contributed by atoms with Gasteiger partial charge in [-0.15, -0.1) is 0 Å². The fourth-order valence-corrected chi connectivity index (χ4v) is 3.99. The van der Waals surface area contributed by atoms with Gasteiger partial charge in [0.2, 0.25) is 0 Å². The number of nitriles is 1. The molecule has 3 aromatic rings. The fourth-order valence-electron chi connectivity index (χ4n) is 3.79. The van der Waals surface area contributed by atoms with Crippen molar-refractivity contribution in [2.45, 2.75) is 19.4 Å². The number of nitrogens with one attached hydrogen (secondary N) is 1. The normalized spacial score (nSPS) is 16.8. The number of halogens is 1. The Labute approximate surface area is 174 Å². The van der Waals surface area contributed by atoms with Crippen molar-refractivity contribution in [3.63, 3.8) is 0 Å². The first-order chi connectivity index (χ1) is 14.0. The second kappa shape index (κ2) is 7.57. The Morgan fingerprint density at radius 2 is 2.21 bits per heavy atom. The number of pyridine rings is 2. The van der Waals surface area contributed by atoms with Crippen LogP contribution in [0.2, 0.25) is 5.15 Å². The first kappa shape index (κ1) is 19.0. The van der Waals surface area contributed by atoms with Crippen LogP contribution >= 0.6 is 11.6 Å². The molecule has 0 aromatic carbocycles. The minimum atomic E-state index is -0.305. The molecule has 7 nitrogen and oxygen atoms in total. The van der Waals surface area contributed by atoms with Crippen LogP contribution in [0, 0.1) is 18.3 Å². The van der Waals surface area contributed by atoms with Crippen molar-refractivity contribution in [3.8, 4) is 6.07 Å². The molecule has 0 saturated heterocycles. The summed E-state index contributed by atoms with van der Waals surface area (Å²) in [4.78, 5) is 10.9. The maximum Gasteiger partial charge on any atom is 0.132 e. The molecule has 0 saturated carbocycles. The zero-order valence-corrected chi connectivity index (χ0v) is 17.0. The highest BCUT2D eigenvalue weighted by molar-refractivity contribution is 6.29. The number of aliphatic imine (C=N–C) groups is 1. The monoisotopic (exact) mass is 405 g/mol. The van der Waals surface area contributed by atoms with Gasteiger partial charge < -0.3 is 10.2 Å². The molecule has 0 amide bonds. The molecule has 1 atom stereocenters. The van der Waals surface area contributed by atoms with Crippen molar-refractivity contribution >= 4 is 29.7 Å². The molecule has 1 aliphatic heterocycles. The van der Waals surface area contributed by atoms with E-state index < -0.39 is 0 Å². The van der Waals surface area contributed by atoms with Crippen molar-refractivity contribution in [1.82, 2.24) is 19.9 Å². The van der Waals surface area contributed by atoms with Gasteiger partial charge in [-0.25, -0.2) is 9.50 Å². The second-order valence-corrected chi connectivity index (χ2v) is 7.24. The molecule has 1 N–H and O–H groups in total. The van der Waals surface area contributed by atoms with E-state index in [1.807, 2.05) is 23.8 Å². The zero-order chi connectivity index (χ0) is 20.5. The van der Waals surface area contributed by atoms with Gasteiger partial charge >= 0.3 is 0 Å². The van der Waals surface area contributed by atoms with Crippen LogP contribution in [0.3, 0.4) is 0 Å². The van der Waals surface area contributed by atoms with Gasteiger partial charge in [-0.1, -0.05) is 17.7 Å². The average Bonchev–Trinajstić information content (AvgIpc) is 3.17. The van der Waals surface area contributed by atoms with E-state index in [9.17, 15) is 5.26 Å². The number of anilines is 1. The van der Waals surface area contributed by atoms with Crippen LogP contribution in [0.4, 0.5) is 5.82 Å². The molecule has 4 heterocycles. The second-order valence-electron chi connectivity index (χ2n) is 6.86. The Morgan fingerprint density at radius 1 is 1.38 bits per heavy atom. The summed E-state index contributed by atoms with van der Waals surface area (Å²) in [6.45, 7) is 6.53. The van der Waals surface area contributed by atoms with Crippen molar-refractivity contribution in [2.24, 2.45) is 4.99 Å². The molecular weight excluding hydrogens is 386 g/mol. The van der Waals surface area contributed by atoms with Gasteiger partial charge in [0.25, 0.3) is 0 Å². The highest BCUT2D eigenvalue weighted by Gasteiger charge is 2.34. The van der Waals surface area contributed by atoms with Gasteiger partial charge in [-0.2, -0.15) is 10.4 Å². The fraction of sp³-hybridized carbons (Fsp3) is 0.238. The molecule has 0 radical (unpaired) electrons. The molecule has 3 aromatic heterocycles. The quantitative estimate of drug-likeness (QED) is 0.529. The van der Waals surface area contributed by atoms with Crippen LogP contribution in [0.25, 0.3) is 5.52 Å². The Balaban J connectivity index is 1.92. The van der Waals surface area contributed by atoms with E-state index in [1.54, 1.807) is 12.1 Å². The summed E-state index contributed by atoms with van der Waals surface area (Å²) in [6.07, 6.45) is 2.66. The first-order valence-electron chi connectivity index (χ1n) is 9.22. The van der Waals surface area contributed by atoms with Gasteiger partial charge in [0.05, 0.1) is 28.5 Å². The largest absolute Gasteiger partial charge is 0.390 e. The predicted molar refractivity (Wildman–Crippen MR) is 114 cm³/mol. The summed E-state index contributed by atoms with van der Waals surface area (Å²) in [5, 5.41) is 17.7. The van der Waals surface area contributed by atoms with E-state index in [0.29, 0.717) is 17.9 Å². The molecule has 0 bridgehead atoms. The van der Waals surface area contributed by atoms with Crippen LogP contribution in [-0.4, -0.2) is 34.9 Å². The summed E-state index contributed by atoms with van der Waals surface area (Å²) < 4.78 is 1.86. The van der Waals surface area contributed by atoms with Crippen molar-refractivity contribution < 1.29 is 0 Å². The molecular formula is C21H20ClN7. The minimum absolute atomic E-state index is 0.278. The number of nitrogens with zero attached hydrogens (tertiary/aromatic N) is 6. The van der Waals surface area contributed by atoms with Crippen LogP contribution < -0.4 is 10.2 Å². The van der Waals surface area contributed by atoms with Gasteiger partial charge in [0, 0.05) is 31.9 Å². The summed E-state index contributed by atoms with van der Waals surface area (Å²) >= 11 is 6.18. The standard InChI is InChI=1S/C21H20ClN7/c1-13-5-4-7-29-17(13)11-16(27-29)21-20(25-3)15(24-2)6-8-28(21)19-10-14(12-23)9-18(22)26-19/h4-5,7,9-11,21,24H,3,6,8H2,1-2H3.